The first-order chi connectivity index (χ1) is 11.5. The molecule has 0 unspecified atom stereocenters. The summed E-state index contributed by atoms with van der Waals surface area (Å²) in [7, 11) is -3.58. The van der Waals surface area contributed by atoms with Crippen LogP contribution >= 0.6 is 0 Å². The normalized spacial score (nSPS) is 17.7. The van der Waals surface area contributed by atoms with E-state index < -0.39 is 10.0 Å². The van der Waals surface area contributed by atoms with Gasteiger partial charge in [0, 0.05) is 18.0 Å². The molecule has 0 atom stereocenters. The molecule has 2 aromatic rings. The molecule has 8 heteroatoms. The summed E-state index contributed by atoms with van der Waals surface area (Å²) in [5.74, 6) is 0.486. The summed E-state index contributed by atoms with van der Waals surface area (Å²) in [5, 5.41) is 9.77. The summed E-state index contributed by atoms with van der Waals surface area (Å²) < 4.78 is 27.2. The molecule has 1 aromatic carbocycles. The van der Waals surface area contributed by atoms with Crippen molar-refractivity contribution in [3.63, 3.8) is 0 Å². The summed E-state index contributed by atoms with van der Waals surface area (Å²) >= 11 is 0. The van der Waals surface area contributed by atoms with Crippen molar-refractivity contribution in [2.45, 2.75) is 37.8 Å². The zero-order valence-corrected chi connectivity index (χ0v) is 14.1. The fourth-order valence-electron chi connectivity index (χ4n) is 2.93. The number of anilines is 1. The van der Waals surface area contributed by atoms with Gasteiger partial charge in [-0.2, -0.15) is 9.40 Å². The highest BCUT2D eigenvalue weighted by molar-refractivity contribution is 7.89. The van der Waals surface area contributed by atoms with Crippen molar-refractivity contribution in [3.8, 4) is 0 Å². The number of carbonyl (C=O) groups is 1. The standard InChI is InChI=1S/C16H18N4O3S/c1-10-4-2-3-5-14(10)24(22,23)20-8-12-13(9-20)18-19-15(12)17-16(21)11-6-7-11/h2-5,11H,6-9H2,1H3,(H2,17,18,19,21). The molecule has 2 N–H and O–H groups in total. The number of hydrogen-bond donors (Lipinski definition) is 2. The Morgan fingerprint density at radius 1 is 1.29 bits per heavy atom. The molecule has 0 spiro atoms. The number of fused-ring (bicyclic) bond motifs is 1. The number of sulfonamides is 1. The highest BCUT2D eigenvalue weighted by atomic mass is 32.2. The van der Waals surface area contributed by atoms with Crippen molar-refractivity contribution in [1.82, 2.24) is 14.5 Å². The van der Waals surface area contributed by atoms with Gasteiger partial charge in [-0.25, -0.2) is 8.42 Å². The molecule has 1 amide bonds. The summed E-state index contributed by atoms with van der Waals surface area (Å²) in [6, 6.07) is 6.94. The Hall–Kier alpha value is -2.19. The third-order valence-corrected chi connectivity index (χ3v) is 6.47. The predicted molar refractivity (Wildman–Crippen MR) is 87.6 cm³/mol. The summed E-state index contributed by atoms with van der Waals surface area (Å²) in [5.41, 5.74) is 2.20. The zero-order chi connectivity index (χ0) is 16.9. The summed E-state index contributed by atoms with van der Waals surface area (Å²) in [6.07, 6.45) is 1.82. The van der Waals surface area contributed by atoms with Crippen LogP contribution in [0.1, 0.15) is 29.7 Å². The molecule has 1 aromatic heterocycles. The van der Waals surface area contributed by atoms with Crippen molar-refractivity contribution in [3.05, 3.63) is 41.1 Å². The smallest absolute Gasteiger partial charge is 0.243 e. The first-order valence-corrected chi connectivity index (χ1v) is 9.33. The minimum absolute atomic E-state index is 0.0375. The first kappa shape index (κ1) is 15.3. The van der Waals surface area contributed by atoms with Crippen LogP contribution < -0.4 is 5.32 Å². The lowest BCUT2D eigenvalue weighted by Crippen LogP contribution is -2.27. The lowest BCUT2D eigenvalue weighted by Gasteiger charge is -2.17. The van der Waals surface area contributed by atoms with Gasteiger partial charge in [0.1, 0.15) is 0 Å². The molecule has 24 heavy (non-hydrogen) atoms. The van der Waals surface area contributed by atoms with E-state index in [-0.39, 0.29) is 24.9 Å². The zero-order valence-electron chi connectivity index (χ0n) is 13.2. The van der Waals surface area contributed by atoms with Crippen LogP contribution in [0.4, 0.5) is 5.82 Å². The van der Waals surface area contributed by atoms with Crippen LogP contribution in [-0.2, 0) is 27.9 Å². The number of carbonyl (C=O) groups excluding carboxylic acids is 1. The highest BCUT2D eigenvalue weighted by Gasteiger charge is 2.36. The number of nitrogens with one attached hydrogen (secondary N) is 2. The van der Waals surface area contributed by atoms with Crippen molar-refractivity contribution < 1.29 is 13.2 Å². The molecule has 4 rings (SSSR count). The quantitative estimate of drug-likeness (QED) is 0.882. The SMILES string of the molecule is Cc1ccccc1S(=O)(=O)N1Cc2[nH]nc(NC(=O)C3CC3)c2C1. The fraction of sp³-hybridized carbons (Fsp3) is 0.375. The van der Waals surface area contributed by atoms with Gasteiger partial charge in [-0.1, -0.05) is 18.2 Å². The van der Waals surface area contributed by atoms with E-state index >= 15 is 0 Å². The van der Waals surface area contributed by atoms with E-state index in [9.17, 15) is 13.2 Å². The number of amides is 1. The van der Waals surface area contributed by atoms with Gasteiger partial charge in [-0.3, -0.25) is 9.89 Å². The Morgan fingerprint density at radius 3 is 2.75 bits per heavy atom. The van der Waals surface area contributed by atoms with Gasteiger partial charge in [-0.05, 0) is 31.4 Å². The number of benzene rings is 1. The molecule has 0 bridgehead atoms. The molecule has 2 heterocycles. The number of aromatic nitrogens is 2. The van der Waals surface area contributed by atoms with Crippen LogP contribution in [0.5, 0.6) is 0 Å². The molecule has 2 aliphatic rings. The molecule has 1 saturated carbocycles. The minimum atomic E-state index is -3.58. The number of H-pyrrole nitrogens is 1. The molecule has 1 aliphatic heterocycles. The van der Waals surface area contributed by atoms with E-state index in [1.54, 1.807) is 25.1 Å². The summed E-state index contributed by atoms with van der Waals surface area (Å²) in [6.45, 7) is 2.23. The first-order valence-electron chi connectivity index (χ1n) is 7.89. The molecule has 7 nitrogen and oxygen atoms in total. The van der Waals surface area contributed by atoms with Gasteiger partial charge < -0.3 is 5.32 Å². The number of hydrogen-bond acceptors (Lipinski definition) is 4. The molecule has 1 aliphatic carbocycles. The third-order valence-electron chi connectivity index (χ3n) is 4.52. The Morgan fingerprint density at radius 2 is 2.04 bits per heavy atom. The molecule has 0 radical (unpaired) electrons. The van der Waals surface area contributed by atoms with Gasteiger partial charge in [-0.15, -0.1) is 0 Å². The van der Waals surface area contributed by atoms with E-state index in [1.165, 1.54) is 4.31 Å². The van der Waals surface area contributed by atoms with Crippen molar-refractivity contribution in [2.24, 2.45) is 5.92 Å². The maximum Gasteiger partial charge on any atom is 0.243 e. The summed E-state index contributed by atoms with van der Waals surface area (Å²) in [4.78, 5) is 12.2. The Bertz CT molecular complexity index is 915. The van der Waals surface area contributed by atoms with Gasteiger partial charge >= 0.3 is 0 Å². The minimum Gasteiger partial charge on any atom is -0.309 e. The van der Waals surface area contributed by atoms with Gasteiger partial charge in [0.25, 0.3) is 0 Å². The Kier molecular flexibility index (Phi) is 3.47. The lowest BCUT2D eigenvalue weighted by molar-refractivity contribution is -0.117. The van der Waals surface area contributed by atoms with E-state index in [1.807, 2.05) is 6.07 Å². The van der Waals surface area contributed by atoms with Crippen molar-refractivity contribution >= 4 is 21.7 Å². The maximum absolute atomic E-state index is 12.9. The van der Waals surface area contributed by atoms with Crippen molar-refractivity contribution in [1.29, 1.82) is 0 Å². The van der Waals surface area contributed by atoms with E-state index in [0.29, 0.717) is 16.3 Å². The van der Waals surface area contributed by atoms with Crippen LogP contribution in [0, 0.1) is 12.8 Å². The van der Waals surface area contributed by atoms with E-state index in [2.05, 4.69) is 15.5 Å². The Balaban J connectivity index is 1.58. The molecule has 126 valence electrons. The maximum atomic E-state index is 12.9. The van der Waals surface area contributed by atoms with Crippen LogP contribution in [0.2, 0.25) is 0 Å². The average Bonchev–Trinajstić information content (AvgIpc) is 3.20. The van der Waals surface area contributed by atoms with Crippen LogP contribution in [0.15, 0.2) is 29.2 Å². The number of aromatic amines is 1. The second-order valence-corrected chi connectivity index (χ2v) is 8.24. The highest BCUT2D eigenvalue weighted by Crippen LogP contribution is 2.34. The van der Waals surface area contributed by atoms with E-state index in [0.717, 1.165) is 24.1 Å². The Labute approximate surface area is 140 Å². The second-order valence-electron chi connectivity index (χ2n) is 6.33. The van der Waals surface area contributed by atoms with E-state index in [4.69, 9.17) is 0 Å². The van der Waals surface area contributed by atoms with Crippen LogP contribution in [0.25, 0.3) is 0 Å². The lowest BCUT2D eigenvalue weighted by atomic mass is 10.2. The number of aryl methyl sites for hydroxylation is 1. The van der Waals surface area contributed by atoms with Crippen LogP contribution in [0.3, 0.4) is 0 Å². The molecule has 0 saturated heterocycles. The number of rotatable bonds is 4. The van der Waals surface area contributed by atoms with Gasteiger partial charge in [0.05, 0.1) is 17.1 Å². The third kappa shape index (κ3) is 2.51. The molecular weight excluding hydrogens is 328 g/mol. The predicted octanol–water partition coefficient (Wildman–Crippen LogP) is 1.77. The topological polar surface area (TPSA) is 95.2 Å². The second kappa shape index (κ2) is 5.42. The monoisotopic (exact) mass is 346 g/mol. The van der Waals surface area contributed by atoms with Gasteiger partial charge in [0.2, 0.25) is 15.9 Å². The van der Waals surface area contributed by atoms with Crippen LogP contribution in [-0.4, -0.2) is 28.8 Å². The largest absolute Gasteiger partial charge is 0.309 e. The average molecular weight is 346 g/mol. The van der Waals surface area contributed by atoms with Crippen molar-refractivity contribution in [2.75, 3.05) is 5.32 Å². The fourth-order valence-corrected chi connectivity index (χ4v) is 4.54. The van der Waals surface area contributed by atoms with Gasteiger partial charge in [0.15, 0.2) is 5.82 Å². The molecule has 1 fully saturated rings. The molecular formula is C16H18N4O3S. The number of nitrogens with zero attached hydrogens (tertiary/aromatic N) is 2.